The molecule has 4 N–H and O–H groups in total. The average molecular weight is 654 g/mol. The summed E-state index contributed by atoms with van der Waals surface area (Å²) in [6.07, 6.45) is 3.63. The van der Waals surface area contributed by atoms with E-state index in [0.29, 0.717) is 23.5 Å². The number of esters is 1. The molecule has 0 aliphatic carbocycles. The van der Waals surface area contributed by atoms with Gasteiger partial charge in [-0.25, -0.2) is 5.06 Å². The molecule has 1 aromatic heterocycles. The van der Waals surface area contributed by atoms with Crippen molar-refractivity contribution >= 4 is 37.1 Å². The molecule has 0 saturated heterocycles. The third-order valence-corrected chi connectivity index (χ3v) is 8.21. The zero-order chi connectivity index (χ0) is 33.6. The highest BCUT2D eigenvalue weighted by Crippen LogP contribution is 2.43. The van der Waals surface area contributed by atoms with E-state index in [-0.39, 0.29) is 42.3 Å². The summed E-state index contributed by atoms with van der Waals surface area (Å²) in [5.41, 5.74) is 0.310. The summed E-state index contributed by atoms with van der Waals surface area (Å²) in [4.78, 5) is 59.1. The van der Waals surface area contributed by atoms with Crippen molar-refractivity contribution in [2.75, 3.05) is 20.1 Å². The van der Waals surface area contributed by atoms with Crippen LogP contribution in [-0.4, -0.2) is 65.5 Å². The Hall–Kier alpha value is -3.71. The molecule has 3 atom stereocenters. The summed E-state index contributed by atoms with van der Waals surface area (Å²) in [7, 11) is -4.46. The highest BCUT2D eigenvalue weighted by atomic mass is 31.2. The first kappa shape index (κ1) is 37.5. The summed E-state index contributed by atoms with van der Waals surface area (Å²) < 4.78 is 34.0. The number of nitrogens with one attached hydrogen (secondary N) is 2. The Morgan fingerprint density at radius 3 is 2.44 bits per heavy atom. The van der Waals surface area contributed by atoms with Crippen LogP contribution in [0.3, 0.4) is 0 Å². The number of furan rings is 1. The minimum atomic E-state index is -4.46. The highest BCUT2D eigenvalue weighted by molar-refractivity contribution is 7.61. The predicted molar refractivity (Wildman–Crippen MR) is 164 cm³/mol. The number of amides is 3. The van der Waals surface area contributed by atoms with Crippen molar-refractivity contribution in [3.63, 3.8) is 0 Å². The molecule has 0 bridgehead atoms. The lowest BCUT2D eigenvalue weighted by Crippen LogP contribution is -2.47. The van der Waals surface area contributed by atoms with Crippen molar-refractivity contribution < 1.29 is 52.3 Å². The first-order valence-electron chi connectivity index (χ1n) is 14.9. The summed E-state index contributed by atoms with van der Waals surface area (Å²) in [6, 6.07) is 6.38. The van der Waals surface area contributed by atoms with Crippen LogP contribution in [0, 0.1) is 11.8 Å². The number of unbranched alkanes of at least 4 members (excludes halogenated alkanes) is 2. The van der Waals surface area contributed by atoms with Crippen LogP contribution in [0.1, 0.15) is 77.3 Å². The second-order valence-corrected chi connectivity index (χ2v) is 12.3. The van der Waals surface area contributed by atoms with Crippen LogP contribution in [0.15, 0.2) is 34.7 Å². The number of carbonyl (C=O) groups excluding carboxylic acids is 4. The number of benzene rings is 1. The molecule has 15 heteroatoms. The second kappa shape index (κ2) is 18.3. The molecule has 45 heavy (non-hydrogen) atoms. The lowest BCUT2D eigenvalue weighted by molar-refractivity contribution is -0.168. The zero-order valence-electron chi connectivity index (χ0n) is 26.3. The maximum Gasteiger partial charge on any atom is 0.361 e. The third kappa shape index (κ3) is 11.3. The number of hydrogen-bond acceptors (Lipinski definition) is 10. The first-order chi connectivity index (χ1) is 21.4. The van der Waals surface area contributed by atoms with E-state index in [9.17, 15) is 33.8 Å². The van der Waals surface area contributed by atoms with Crippen LogP contribution in [0.5, 0.6) is 5.75 Å². The smallest absolute Gasteiger partial charge is 0.361 e. The molecule has 1 aromatic carbocycles. The van der Waals surface area contributed by atoms with E-state index in [1.807, 2.05) is 6.92 Å². The number of nitrogens with zero attached hydrogens (tertiary/aromatic N) is 1. The maximum atomic E-state index is 13.0. The molecule has 2 rings (SSSR count). The van der Waals surface area contributed by atoms with Gasteiger partial charge < -0.3 is 29.4 Å². The van der Waals surface area contributed by atoms with Crippen molar-refractivity contribution in [3.05, 3.63) is 36.1 Å². The van der Waals surface area contributed by atoms with E-state index in [1.165, 1.54) is 24.3 Å². The molecular weight excluding hydrogens is 609 g/mol. The fourth-order valence-corrected chi connectivity index (χ4v) is 5.36. The van der Waals surface area contributed by atoms with Crippen LogP contribution in [-0.2, 0) is 28.2 Å². The fourth-order valence-electron chi connectivity index (χ4n) is 4.43. The summed E-state index contributed by atoms with van der Waals surface area (Å²) in [6.45, 7) is 8.04. The van der Waals surface area contributed by atoms with Gasteiger partial charge >= 0.3 is 13.6 Å². The standard InChI is InChI=1S/C30H44N3O11P/c1-6-9-10-11-24(25(7-2)33(38)18-34)28(35)31-17-32-29(36)27-13-12-26(44-27)21-14-22(41-8-3)16-23(15-21)45(39,40)43-19-42-30(37)20(4)5/h12-16,18,20,24-25,38H,6-11,17,19H2,1-5H3,(H,31,35)(H,32,36)(H,39,40). The van der Waals surface area contributed by atoms with Gasteiger partial charge in [0, 0.05) is 5.56 Å². The number of hydrogen-bond donors (Lipinski definition) is 4. The quantitative estimate of drug-likeness (QED) is 0.0307. The Labute approximate surface area is 262 Å². The van der Waals surface area contributed by atoms with E-state index in [4.69, 9.17) is 18.4 Å². The topological polar surface area (TPSA) is 194 Å². The molecular formula is C30H44N3O11P. The summed E-state index contributed by atoms with van der Waals surface area (Å²) in [5.74, 6) is -2.45. The Kier molecular flexibility index (Phi) is 15.2. The molecule has 2 aromatic rings. The van der Waals surface area contributed by atoms with E-state index in [0.717, 1.165) is 19.3 Å². The van der Waals surface area contributed by atoms with Gasteiger partial charge in [0.05, 0.1) is 36.5 Å². The van der Waals surface area contributed by atoms with Crippen LogP contribution in [0.25, 0.3) is 11.3 Å². The molecule has 3 unspecified atom stereocenters. The van der Waals surface area contributed by atoms with E-state index in [1.54, 1.807) is 33.8 Å². The lowest BCUT2D eigenvalue weighted by atomic mass is 9.90. The Morgan fingerprint density at radius 1 is 1.09 bits per heavy atom. The lowest BCUT2D eigenvalue weighted by Gasteiger charge is -2.29. The molecule has 0 spiro atoms. The Morgan fingerprint density at radius 2 is 1.82 bits per heavy atom. The van der Waals surface area contributed by atoms with Gasteiger partial charge in [-0.05, 0) is 50.1 Å². The van der Waals surface area contributed by atoms with Gasteiger partial charge in [-0.2, -0.15) is 0 Å². The molecule has 0 aliphatic rings. The molecule has 0 radical (unpaired) electrons. The molecule has 3 amide bonds. The van der Waals surface area contributed by atoms with Gasteiger partial charge in [0.1, 0.15) is 11.5 Å². The maximum absolute atomic E-state index is 13.0. The molecule has 0 saturated carbocycles. The number of rotatable bonds is 20. The van der Waals surface area contributed by atoms with Gasteiger partial charge in [0.25, 0.3) is 5.91 Å². The molecule has 250 valence electrons. The zero-order valence-corrected chi connectivity index (χ0v) is 27.2. The van der Waals surface area contributed by atoms with Crippen molar-refractivity contribution in [3.8, 4) is 17.1 Å². The van der Waals surface area contributed by atoms with Crippen molar-refractivity contribution in [1.82, 2.24) is 15.7 Å². The van der Waals surface area contributed by atoms with Gasteiger partial charge in [-0.3, -0.25) is 33.5 Å². The fraction of sp³-hybridized carbons (Fsp3) is 0.533. The molecule has 0 aliphatic heterocycles. The molecule has 1 heterocycles. The normalized spacial score (nSPS) is 13.8. The van der Waals surface area contributed by atoms with E-state index >= 15 is 0 Å². The second-order valence-electron chi connectivity index (χ2n) is 10.5. The summed E-state index contributed by atoms with van der Waals surface area (Å²) >= 11 is 0. The minimum Gasteiger partial charge on any atom is -0.494 e. The van der Waals surface area contributed by atoms with Gasteiger partial charge in [-0.15, -0.1) is 0 Å². The highest BCUT2D eigenvalue weighted by Gasteiger charge is 2.31. The number of ether oxygens (including phenoxy) is 2. The third-order valence-electron chi connectivity index (χ3n) is 6.84. The number of carbonyl (C=O) groups is 4. The Bertz CT molecular complexity index is 1330. The molecule has 14 nitrogen and oxygen atoms in total. The average Bonchev–Trinajstić information content (AvgIpc) is 3.51. The van der Waals surface area contributed by atoms with Gasteiger partial charge in [0.15, 0.2) is 5.76 Å². The van der Waals surface area contributed by atoms with Crippen LogP contribution >= 0.6 is 7.60 Å². The van der Waals surface area contributed by atoms with Crippen molar-refractivity contribution in [1.29, 1.82) is 0 Å². The SMILES string of the molecule is CCCCCC(C(=O)NCNC(=O)c1ccc(-c2cc(OCC)cc(P(=O)(O)OCOC(=O)C(C)C)c2)o1)C(CC)N(O)C=O. The van der Waals surface area contributed by atoms with E-state index in [2.05, 4.69) is 10.6 Å². The Balaban J connectivity index is 2.14. The predicted octanol–water partition coefficient (Wildman–Crippen LogP) is 3.96. The summed E-state index contributed by atoms with van der Waals surface area (Å²) in [5, 5.41) is 15.5. The van der Waals surface area contributed by atoms with Crippen molar-refractivity contribution in [2.45, 2.75) is 72.8 Å². The van der Waals surface area contributed by atoms with Crippen LogP contribution in [0.4, 0.5) is 0 Å². The number of hydroxylamine groups is 2. The van der Waals surface area contributed by atoms with E-state index < -0.39 is 50.1 Å². The minimum absolute atomic E-state index is 0.0972. The first-order valence-corrected chi connectivity index (χ1v) is 16.5. The van der Waals surface area contributed by atoms with Gasteiger partial charge in [-0.1, -0.05) is 47.0 Å². The van der Waals surface area contributed by atoms with Crippen LogP contribution < -0.4 is 20.7 Å². The molecule has 0 fully saturated rings. The van der Waals surface area contributed by atoms with Crippen molar-refractivity contribution in [2.24, 2.45) is 11.8 Å². The monoisotopic (exact) mass is 653 g/mol. The van der Waals surface area contributed by atoms with Gasteiger partial charge in [0.2, 0.25) is 19.1 Å². The largest absolute Gasteiger partial charge is 0.494 e. The van der Waals surface area contributed by atoms with Crippen LogP contribution in [0.2, 0.25) is 0 Å².